The van der Waals surface area contributed by atoms with Crippen LogP contribution in [0.3, 0.4) is 0 Å². The summed E-state index contributed by atoms with van der Waals surface area (Å²) in [4.78, 5) is 8.25. The van der Waals surface area contributed by atoms with Crippen molar-refractivity contribution in [1.82, 2.24) is 9.88 Å². The quantitative estimate of drug-likeness (QED) is 0.884. The van der Waals surface area contributed by atoms with Gasteiger partial charge in [0, 0.05) is 33.3 Å². The minimum Gasteiger partial charge on any atom is -0.424 e. The Bertz CT molecular complexity index is 682. The van der Waals surface area contributed by atoms with E-state index < -0.39 is 0 Å². The molecule has 0 radical (unpaired) electrons. The van der Waals surface area contributed by atoms with Gasteiger partial charge < -0.3 is 19.5 Å². The van der Waals surface area contributed by atoms with E-state index in [1.165, 1.54) is 5.56 Å². The summed E-state index contributed by atoms with van der Waals surface area (Å²) in [5.74, 6) is 0.919. The molecule has 0 aliphatic heterocycles. The Kier molecular flexibility index (Phi) is 5.24. The number of aromatic nitrogens is 1. The van der Waals surface area contributed by atoms with Crippen molar-refractivity contribution in [3.63, 3.8) is 0 Å². The number of oxazole rings is 1. The molecule has 6 nitrogen and oxygen atoms in total. The first-order valence-corrected chi connectivity index (χ1v) is 7.47. The third-order valence-corrected chi connectivity index (χ3v) is 3.71. The van der Waals surface area contributed by atoms with Gasteiger partial charge in [0.1, 0.15) is 6.07 Å². The number of hydrogen-bond donors (Lipinski definition) is 1. The van der Waals surface area contributed by atoms with Crippen molar-refractivity contribution in [2.24, 2.45) is 0 Å². The number of likely N-dealkylation sites (N-methyl/N-ethyl adjacent to an activating group) is 1. The standard InChI is InChI=1S/C17H23N5O/c1-12-20-15(10-18)17(23-12)19-11-16(22(4)5)13-6-8-14(9-7-13)21(2)3/h6-9,16,19H,11H2,1-5H3/t16-/m0/s1. The van der Waals surface area contributed by atoms with Crippen LogP contribution in [0.5, 0.6) is 0 Å². The summed E-state index contributed by atoms with van der Waals surface area (Å²) in [6.07, 6.45) is 0. The zero-order valence-electron chi connectivity index (χ0n) is 14.3. The van der Waals surface area contributed by atoms with Gasteiger partial charge in [0.2, 0.25) is 11.6 Å². The summed E-state index contributed by atoms with van der Waals surface area (Å²) in [7, 11) is 8.11. The average molecular weight is 313 g/mol. The van der Waals surface area contributed by atoms with E-state index in [9.17, 15) is 0 Å². The highest BCUT2D eigenvalue weighted by molar-refractivity contribution is 5.48. The predicted molar refractivity (Wildman–Crippen MR) is 91.6 cm³/mol. The van der Waals surface area contributed by atoms with E-state index in [4.69, 9.17) is 9.68 Å². The van der Waals surface area contributed by atoms with Gasteiger partial charge >= 0.3 is 0 Å². The summed E-state index contributed by atoms with van der Waals surface area (Å²) in [5, 5.41) is 12.3. The summed E-state index contributed by atoms with van der Waals surface area (Å²) in [5.41, 5.74) is 2.66. The van der Waals surface area contributed by atoms with Crippen molar-refractivity contribution in [3.8, 4) is 6.07 Å². The van der Waals surface area contributed by atoms with Gasteiger partial charge in [-0.3, -0.25) is 0 Å². The monoisotopic (exact) mass is 313 g/mol. The molecule has 1 aromatic heterocycles. The van der Waals surface area contributed by atoms with E-state index >= 15 is 0 Å². The maximum atomic E-state index is 9.08. The minimum absolute atomic E-state index is 0.156. The number of anilines is 2. The van der Waals surface area contributed by atoms with Gasteiger partial charge in [-0.1, -0.05) is 12.1 Å². The summed E-state index contributed by atoms with van der Waals surface area (Å²) in [6.45, 7) is 2.35. The molecule has 2 aromatic rings. The molecule has 0 aliphatic rings. The fourth-order valence-corrected chi connectivity index (χ4v) is 2.41. The predicted octanol–water partition coefficient (Wildman–Crippen LogP) is 2.64. The summed E-state index contributed by atoms with van der Waals surface area (Å²) in [6, 6.07) is 10.6. The molecular weight excluding hydrogens is 290 g/mol. The normalized spacial score (nSPS) is 12.0. The second kappa shape index (κ2) is 7.16. The molecule has 0 saturated heterocycles. The number of aryl methyl sites for hydroxylation is 1. The number of nitriles is 1. The number of benzene rings is 1. The van der Waals surface area contributed by atoms with Gasteiger partial charge in [0.15, 0.2) is 5.89 Å². The lowest BCUT2D eigenvalue weighted by Crippen LogP contribution is -2.27. The second-order valence-electron chi connectivity index (χ2n) is 5.87. The third kappa shape index (κ3) is 4.02. The molecule has 2 rings (SSSR count). The Hall–Kier alpha value is -2.52. The van der Waals surface area contributed by atoms with Gasteiger partial charge in [0.25, 0.3) is 0 Å². The van der Waals surface area contributed by atoms with E-state index in [0.717, 1.165) is 5.69 Å². The molecule has 1 aromatic carbocycles. The Labute approximate surface area is 137 Å². The Morgan fingerprint density at radius 1 is 1.22 bits per heavy atom. The molecule has 23 heavy (non-hydrogen) atoms. The van der Waals surface area contributed by atoms with Crippen LogP contribution in [-0.2, 0) is 0 Å². The Morgan fingerprint density at radius 3 is 2.39 bits per heavy atom. The van der Waals surface area contributed by atoms with Crippen LogP contribution in [0.2, 0.25) is 0 Å². The molecule has 0 fully saturated rings. The highest BCUT2D eigenvalue weighted by atomic mass is 16.4. The SMILES string of the molecule is Cc1nc(C#N)c(NC[C@@H](c2ccc(N(C)C)cc2)N(C)C)o1. The first-order valence-electron chi connectivity index (χ1n) is 7.47. The topological polar surface area (TPSA) is 68.3 Å². The number of hydrogen-bond acceptors (Lipinski definition) is 6. The van der Waals surface area contributed by atoms with Crippen LogP contribution in [-0.4, -0.2) is 44.6 Å². The number of nitrogens with zero attached hydrogens (tertiary/aromatic N) is 4. The molecule has 0 aliphatic carbocycles. The van der Waals surface area contributed by atoms with Crippen molar-refractivity contribution in [1.29, 1.82) is 5.26 Å². The molecule has 0 unspecified atom stereocenters. The molecule has 1 N–H and O–H groups in total. The maximum Gasteiger partial charge on any atom is 0.232 e. The molecule has 122 valence electrons. The molecule has 0 bridgehead atoms. The van der Waals surface area contributed by atoms with Crippen LogP contribution in [0.25, 0.3) is 0 Å². The largest absolute Gasteiger partial charge is 0.424 e. The van der Waals surface area contributed by atoms with Crippen molar-refractivity contribution < 1.29 is 4.42 Å². The van der Waals surface area contributed by atoms with E-state index in [2.05, 4.69) is 44.4 Å². The van der Waals surface area contributed by atoms with Crippen molar-refractivity contribution in [3.05, 3.63) is 41.4 Å². The van der Waals surface area contributed by atoms with E-state index in [1.807, 2.05) is 34.3 Å². The highest BCUT2D eigenvalue weighted by Gasteiger charge is 2.17. The molecule has 1 atom stereocenters. The average Bonchev–Trinajstić information content (AvgIpc) is 2.87. The van der Waals surface area contributed by atoms with E-state index in [0.29, 0.717) is 24.0 Å². The van der Waals surface area contributed by atoms with Gasteiger partial charge in [-0.25, -0.2) is 4.98 Å². The van der Waals surface area contributed by atoms with E-state index in [-0.39, 0.29) is 6.04 Å². The number of nitrogens with one attached hydrogen (secondary N) is 1. The molecule has 6 heteroatoms. The fraction of sp³-hybridized carbons (Fsp3) is 0.412. The highest BCUT2D eigenvalue weighted by Crippen LogP contribution is 2.23. The molecular formula is C17H23N5O. The Balaban J connectivity index is 2.14. The van der Waals surface area contributed by atoms with Crippen molar-refractivity contribution >= 4 is 11.6 Å². The van der Waals surface area contributed by atoms with Crippen LogP contribution in [0.4, 0.5) is 11.6 Å². The third-order valence-electron chi connectivity index (χ3n) is 3.71. The van der Waals surface area contributed by atoms with Gasteiger partial charge in [-0.05, 0) is 31.8 Å². The number of rotatable bonds is 6. The van der Waals surface area contributed by atoms with Crippen LogP contribution in [0.1, 0.15) is 23.2 Å². The molecule has 0 spiro atoms. The summed E-state index contributed by atoms with van der Waals surface area (Å²) >= 11 is 0. The molecule has 0 amide bonds. The maximum absolute atomic E-state index is 9.08. The van der Waals surface area contributed by atoms with Crippen LogP contribution >= 0.6 is 0 Å². The zero-order valence-corrected chi connectivity index (χ0v) is 14.3. The zero-order chi connectivity index (χ0) is 17.0. The van der Waals surface area contributed by atoms with Crippen LogP contribution in [0, 0.1) is 18.3 Å². The molecule has 0 saturated carbocycles. The van der Waals surface area contributed by atoms with Gasteiger partial charge in [-0.15, -0.1) is 0 Å². The van der Waals surface area contributed by atoms with Crippen LogP contribution < -0.4 is 10.2 Å². The first-order chi connectivity index (χ1) is 10.9. The lowest BCUT2D eigenvalue weighted by molar-refractivity contribution is 0.310. The van der Waals surface area contributed by atoms with E-state index in [1.54, 1.807) is 6.92 Å². The lowest BCUT2D eigenvalue weighted by Gasteiger charge is -2.25. The summed E-state index contributed by atoms with van der Waals surface area (Å²) < 4.78 is 5.45. The minimum atomic E-state index is 0.156. The van der Waals surface area contributed by atoms with Gasteiger partial charge in [0.05, 0.1) is 6.04 Å². The molecule has 1 heterocycles. The second-order valence-corrected chi connectivity index (χ2v) is 5.87. The smallest absolute Gasteiger partial charge is 0.232 e. The van der Waals surface area contributed by atoms with Crippen molar-refractivity contribution in [2.75, 3.05) is 45.0 Å². The Morgan fingerprint density at radius 2 is 1.87 bits per heavy atom. The van der Waals surface area contributed by atoms with Gasteiger partial charge in [-0.2, -0.15) is 5.26 Å². The van der Waals surface area contributed by atoms with Crippen molar-refractivity contribution in [2.45, 2.75) is 13.0 Å². The first kappa shape index (κ1) is 16.8. The lowest BCUT2D eigenvalue weighted by atomic mass is 10.1. The fourth-order valence-electron chi connectivity index (χ4n) is 2.41. The van der Waals surface area contributed by atoms with Crippen LogP contribution in [0.15, 0.2) is 28.7 Å².